The summed E-state index contributed by atoms with van der Waals surface area (Å²) in [6, 6.07) is 5.13. The third kappa shape index (κ3) is 10.1. The molecule has 13 heteroatoms. The van der Waals surface area contributed by atoms with Crippen molar-refractivity contribution in [2.24, 2.45) is 5.92 Å². The quantitative estimate of drug-likeness (QED) is 0.300. The smallest absolute Gasteiger partial charge is 0.249 e. The number of benzene rings is 1. The molecule has 0 unspecified atom stereocenters. The molecule has 2 heterocycles. The lowest BCUT2D eigenvalue weighted by molar-refractivity contribution is -0.139. The van der Waals surface area contributed by atoms with Crippen molar-refractivity contribution in [2.75, 3.05) is 26.7 Å². The summed E-state index contributed by atoms with van der Waals surface area (Å²) < 4.78 is 5.44. The highest BCUT2D eigenvalue weighted by Crippen LogP contribution is 2.13. The first-order valence-electron chi connectivity index (χ1n) is 14.8. The Labute approximate surface area is 252 Å². The van der Waals surface area contributed by atoms with Crippen LogP contribution in [-0.2, 0) is 39.9 Å². The van der Waals surface area contributed by atoms with E-state index in [-0.39, 0.29) is 31.8 Å². The van der Waals surface area contributed by atoms with Crippen LogP contribution in [0.4, 0.5) is 0 Å². The van der Waals surface area contributed by atoms with Crippen LogP contribution in [0.15, 0.2) is 30.3 Å². The van der Waals surface area contributed by atoms with Gasteiger partial charge in [-0.1, -0.05) is 44.2 Å². The van der Waals surface area contributed by atoms with Crippen LogP contribution in [0.5, 0.6) is 0 Å². The van der Waals surface area contributed by atoms with Crippen LogP contribution in [0.1, 0.15) is 52.0 Å². The Morgan fingerprint density at radius 2 is 1.70 bits per heavy atom. The van der Waals surface area contributed by atoms with Crippen LogP contribution in [0.25, 0.3) is 0 Å². The van der Waals surface area contributed by atoms with E-state index in [1.165, 1.54) is 18.9 Å². The van der Waals surface area contributed by atoms with Gasteiger partial charge in [0, 0.05) is 26.6 Å². The topological polar surface area (TPSA) is 175 Å². The van der Waals surface area contributed by atoms with Crippen LogP contribution in [0.2, 0.25) is 0 Å². The first-order chi connectivity index (χ1) is 20.5. The average molecular weight is 601 g/mol. The maximum absolute atomic E-state index is 13.4. The number of nitrogens with one attached hydrogen (secondary N) is 5. The zero-order valence-corrected chi connectivity index (χ0v) is 25.3. The lowest BCUT2D eigenvalue weighted by Gasteiger charge is -2.28. The van der Waals surface area contributed by atoms with E-state index in [1.54, 1.807) is 13.8 Å². The van der Waals surface area contributed by atoms with E-state index < -0.39 is 65.7 Å². The number of ether oxygens (including phenoxy) is 1. The van der Waals surface area contributed by atoms with Crippen LogP contribution in [0.3, 0.4) is 0 Å². The van der Waals surface area contributed by atoms with Gasteiger partial charge in [-0.15, -0.1) is 0 Å². The minimum Gasteiger partial charge on any atom is -0.368 e. The zero-order valence-electron chi connectivity index (χ0n) is 25.3. The third-order valence-corrected chi connectivity index (χ3v) is 7.50. The SMILES string of the molecule is CC(C)[C@H]1NC(=O)[C@@H](NC(=O)[C@@H]2CCCO2)CCCNC(=O)CN(C)C(=O)[C@H](Cc2ccccc2)NC(=O)[C@@H](C)NC1=O. The summed E-state index contributed by atoms with van der Waals surface area (Å²) in [5, 5.41) is 13.6. The molecule has 2 aliphatic heterocycles. The average Bonchev–Trinajstić information content (AvgIpc) is 3.51. The van der Waals surface area contributed by atoms with Gasteiger partial charge < -0.3 is 36.2 Å². The number of likely N-dealkylation sites (N-methyl/N-ethyl adjacent to an activating group) is 1. The van der Waals surface area contributed by atoms with Crippen molar-refractivity contribution in [3.63, 3.8) is 0 Å². The molecule has 2 saturated heterocycles. The van der Waals surface area contributed by atoms with Gasteiger partial charge in [0.1, 0.15) is 30.3 Å². The highest BCUT2D eigenvalue weighted by Gasteiger charge is 2.33. The van der Waals surface area contributed by atoms with Crippen LogP contribution < -0.4 is 26.6 Å². The van der Waals surface area contributed by atoms with Gasteiger partial charge >= 0.3 is 0 Å². The van der Waals surface area contributed by atoms with Gasteiger partial charge in [-0.05, 0) is 44.1 Å². The number of carbonyl (C=O) groups excluding carboxylic acids is 6. The lowest BCUT2D eigenvalue weighted by Crippen LogP contribution is -2.59. The van der Waals surface area contributed by atoms with Gasteiger partial charge in [0.25, 0.3) is 0 Å². The summed E-state index contributed by atoms with van der Waals surface area (Å²) in [6.45, 7) is 5.39. The molecule has 1 aromatic carbocycles. The van der Waals surface area contributed by atoms with Crippen molar-refractivity contribution in [3.8, 4) is 0 Å². The maximum atomic E-state index is 13.4. The molecular weight excluding hydrogens is 556 g/mol. The Bertz CT molecular complexity index is 1150. The fourth-order valence-electron chi connectivity index (χ4n) is 4.97. The van der Waals surface area contributed by atoms with E-state index >= 15 is 0 Å². The molecule has 0 aromatic heterocycles. The molecule has 0 saturated carbocycles. The van der Waals surface area contributed by atoms with Crippen molar-refractivity contribution in [2.45, 2.75) is 83.1 Å². The maximum Gasteiger partial charge on any atom is 0.249 e. The monoisotopic (exact) mass is 600 g/mol. The number of carbonyl (C=O) groups is 6. The largest absolute Gasteiger partial charge is 0.368 e. The summed E-state index contributed by atoms with van der Waals surface area (Å²) in [5.74, 6) is -3.37. The molecule has 0 radical (unpaired) electrons. The van der Waals surface area contributed by atoms with Crippen molar-refractivity contribution >= 4 is 35.4 Å². The van der Waals surface area contributed by atoms with Gasteiger partial charge in [0.05, 0.1) is 6.54 Å². The highest BCUT2D eigenvalue weighted by atomic mass is 16.5. The second-order valence-electron chi connectivity index (χ2n) is 11.5. The standard InChI is InChI=1S/C30H44N6O7/c1-18(2)25-29(41)32-19(3)26(38)34-22(16-20-10-6-5-7-11-20)30(42)36(4)17-24(37)31-14-8-12-21(27(39)35-25)33-28(40)23-13-9-15-43-23/h5-7,10-11,18-19,21-23,25H,8-9,12-17H2,1-4H3,(H,31,37)(H,32,41)(H,33,40)(H,34,38)(H,35,39)/t19-,21+,22+,23+,25-/m1/s1. The van der Waals surface area contributed by atoms with E-state index in [1.807, 2.05) is 30.3 Å². The van der Waals surface area contributed by atoms with E-state index in [9.17, 15) is 28.8 Å². The first kappa shape index (κ1) is 33.5. The van der Waals surface area contributed by atoms with Crippen LogP contribution in [0, 0.1) is 5.92 Å². The van der Waals surface area contributed by atoms with Crippen LogP contribution >= 0.6 is 0 Å². The second kappa shape index (κ2) is 16.0. The molecule has 1 aromatic rings. The minimum atomic E-state index is -1.04. The summed E-state index contributed by atoms with van der Waals surface area (Å²) in [7, 11) is 1.48. The Balaban J connectivity index is 1.82. The summed E-state index contributed by atoms with van der Waals surface area (Å²) >= 11 is 0. The van der Waals surface area contributed by atoms with Gasteiger partial charge in [-0.2, -0.15) is 0 Å². The number of rotatable bonds is 5. The molecule has 236 valence electrons. The molecule has 0 spiro atoms. The van der Waals surface area contributed by atoms with E-state index in [2.05, 4.69) is 26.6 Å². The molecular formula is C30H44N6O7. The fraction of sp³-hybridized carbons (Fsp3) is 0.600. The fourth-order valence-corrected chi connectivity index (χ4v) is 4.97. The van der Waals surface area contributed by atoms with E-state index in [0.717, 1.165) is 12.0 Å². The summed E-state index contributed by atoms with van der Waals surface area (Å²) in [4.78, 5) is 79.9. The van der Waals surface area contributed by atoms with Crippen molar-refractivity contribution in [1.82, 2.24) is 31.5 Å². The number of amides is 6. The number of hydrogen-bond donors (Lipinski definition) is 5. The number of hydrogen-bond acceptors (Lipinski definition) is 7. The number of nitrogens with zero attached hydrogens (tertiary/aromatic N) is 1. The van der Waals surface area contributed by atoms with Crippen molar-refractivity contribution in [1.29, 1.82) is 0 Å². The molecule has 3 rings (SSSR count). The molecule has 2 aliphatic rings. The van der Waals surface area contributed by atoms with E-state index in [4.69, 9.17) is 4.74 Å². The van der Waals surface area contributed by atoms with Gasteiger partial charge in [0.2, 0.25) is 35.4 Å². The molecule has 5 N–H and O–H groups in total. The predicted molar refractivity (Wildman–Crippen MR) is 157 cm³/mol. The highest BCUT2D eigenvalue weighted by molar-refractivity contribution is 5.96. The van der Waals surface area contributed by atoms with Crippen LogP contribution in [-0.4, -0.2) is 97.4 Å². The zero-order chi connectivity index (χ0) is 31.5. The second-order valence-corrected chi connectivity index (χ2v) is 11.5. The third-order valence-electron chi connectivity index (χ3n) is 7.50. The van der Waals surface area contributed by atoms with Gasteiger partial charge in [-0.25, -0.2) is 0 Å². The molecule has 13 nitrogen and oxygen atoms in total. The molecule has 43 heavy (non-hydrogen) atoms. The Morgan fingerprint density at radius 1 is 0.977 bits per heavy atom. The van der Waals surface area contributed by atoms with Crippen molar-refractivity contribution < 1.29 is 33.5 Å². The Morgan fingerprint density at radius 3 is 2.35 bits per heavy atom. The first-order valence-corrected chi connectivity index (χ1v) is 14.8. The molecule has 2 fully saturated rings. The lowest BCUT2D eigenvalue weighted by atomic mass is 10.0. The van der Waals surface area contributed by atoms with Gasteiger partial charge in [-0.3, -0.25) is 28.8 Å². The molecule has 6 amide bonds. The molecule has 0 bridgehead atoms. The molecule has 0 aliphatic carbocycles. The Hall–Kier alpha value is -4.00. The molecule has 5 atom stereocenters. The van der Waals surface area contributed by atoms with E-state index in [0.29, 0.717) is 19.4 Å². The van der Waals surface area contributed by atoms with Crippen molar-refractivity contribution in [3.05, 3.63) is 35.9 Å². The minimum absolute atomic E-state index is 0.182. The Kier molecular flexibility index (Phi) is 12.5. The summed E-state index contributed by atoms with van der Waals surface area (Å²) in [6.07, 6.45) is 1.35. The predicted octanol–water partition coefficient (Wildman–Crippen LogP) is -0.608. The van der Waals surface area contributed by atoms with Gasteiger partial charge in [0.15, 0.2) is 0 Å². The normalized spacial score (nSPS) is 27.0. The summed E-state index contributed by atoms with van der Waals surface area (Å²) in [5.41, 5.74) is 0.807.